The van der Waals surface area contributed by atoms with E-state index in [0.29, 0.717) is 11.5 Å². The van der Waals surface area contributed by atoms with Gasteiger partial charge in [0.25, 0.3) is 0 Å². The molecular weight excluding hydrogens is 278 g/mol. The molecule has 0 aliphatic carbocycles. The minimum absolute atomic E-state index is 0.110. The van der Waals surface area contributed by atoms with Gasteiger partial charge in [-0.05, 0) is 36.4 Å². The van der Waals surface area contributed by atoms with Crippen molar-refractivity contribution in [3.63, 3.8) is 0 Å². The summed E-state index contributed by atoms with van der Waals surface area (Å²) in [4.78, 5) is 8.05. The van der Waals surface area contributed by atoms with Crippen LogP contribution in [0.1, 0.15) is 5.69 Å². The van der Waals surface area contributed by atoms with E-state index < -0.39 is 0 Å². The minimum atomic E-state index is -0.110. The average Bonchev–Trinajstić information content (AvgIpc) is 2.58. The van der Waals surface area contributed by atoms with Crippen LogP contribution in [0, 0.1) is 0 Å². The van der Waals surface area contributed by atoms with E-state index in [1.807, 2.05) is 54.6 Å². The summed E-state index contributed by atoms with van der Waals surface area (Å²) in [6.07, 6.45) is 1.42. The summed E-state index contributed by atoms with van der Waals surface area (Å²) in [5, 5.41) is 12.2. The Labute approximate surface area is 128 Å². The van der Waals surface area contributed by atoms with Crippen molar-refractivity contribution in [2.75, 3.05) is 5.32 Å². The molecule has 110 valence electrons. The molecule has 0 atom stereocenters. The fourth-order valence-electron chi connectivity index (χ4n) is 1.93. The first-order chi connectivity index (χ1) is 10.8. The molecule has 0 radical (unpaired) electrons. The van der Waals surface area contributed by atoms with E-state index in [1.165, 1.54) is 6.33 Å². The van der Waals surface area contributed by atoms with Gasteiger partial charge in [-0.25, -0.2) is 9.97 Å². The highest BCUT2D eigenvalue weighted by Crippen LogP contribution is 2.23. The number of anilines is 2. The second-order valence-corrected chi connectivity index (χ2v) is 4.62. The third-order valence-corrected chi connectivity index (χ3v) is 2.99. The number of aliphatic hydroxyl groups excluding tert-OH is 1. The normalized spacial score (nSPS) is 10.2. The Morgan fingerprint density at radius 2 is 1.64 bits per heavy atom. The zero-order chi connectivity index (χ0) is 15.2. The number of nitrogens with zero attached hydrogens (tertiary/aromatic N) is 2. The van der Waals surface area contributed by atoms with Crippen LogP contribution in [0.25, 0.3) is 0 Å². The highest BCUT2D eigenvalue weighted by molar-refractivity contribution is 5.57. The van der Waals surface area contributed by atoms with Crippen molar-refractivity contribution in [3.05, 3.63) is 72.7 Å². The largest absolute Gasteiger partial charge is 0.457 e. The Bertz CT molecular complexity index is 730. The number of rotatable bonds is 5. The maximum Gasteiger partial charge on any atom is 0.134 e. The Hall–Kier alpha value is -2.92. The number of ether oxygens (including phenoxy) is 1. The molecule has 1 aromatic heterocycles. The molecule has 0 saturated carbocycles. The summed E-state index contributed by atoms with van der Waals surface area (Å²) in [5.41, 5.74) is 1.45. The van der Waals surface area contributed by atoms with Crippen LogP contribution >= 0.6 is 0 Å². The van der Waals surface area contributed by atoms with Crippen molar-refractivity contribution >= 4 is 11.5 Å². The lowest BCUT2D eigenvalue weighted by molar-refractivity contribution is 0.276. The Morgan fingerprint density at radius 1 is 0.909 bits per heavy atom. The molecule has 0 spiro atoms. The molecule has 0 bridgehead atoms. The van der Waals surface area contributed by atoms with E-state index in [-0.39, 0.29) is 6.61 Å². The first-order valence-electron chi connectivity index (χ1n) is 6.85. The van der Waals surface area contributed by atoms with Crippen LogP contribution in [0.15, 0.2) is 67.0 Å². The van der Waals surface area contributed by atoms with E-state index in [1.54, 1.807) is 6.07 Å². The summed E-state index contributed by atoms with van der Waals surface area (Å²) in [5.74, 6) is 2.19. The molecule has 0 aliphatic heterocycles. The summed E-state index contributed by atoms with van der Waals surface area (Å²) >= 11 is 0. The van der Waals surface area contributed by atoms with Gasteiger partial charge in [0.15, 0.2) is 0 Å². The third-order valence-electron chi connectivity index (χ3n) is 2.99. The molecule has 5 heteroatoms. The Morgan fingerprint density at radius 3 is 2.36 bits per heavy atom. The minimum Gasteiger partial charge on any atom is -0.457 e. The first-order valence-corrected chi connectivity index (χ1v) is 6.85. The molecule has 3 aromatic rings. The maximum atomic E-state index is 9.07. The third kappa shape index (κ3) is 3.59. The predicted molar refractivity (Wildman–Crippen MR) is 84.2 cm³/mol. The van der Waals surface area contributed by atoms with Crippen LogP contribution in [0.2, 0.25) is 0 Å². The van der Waals surface area contributed by atoms with E-state index in [2.05, 4.69) is 15.3 Å². The van der Waals surface area contributed by atoms with Gasteiger partial charge in [0.05, 0.1) is 12.3 Å². The van der Waals surface area contributed by atoms with Gasteiger partial charge in [-0.1, -0.05) is 18.2 Å². The quantitative estimate of drug-likeness (QED) is 0.753. The van der Waals surface area contributed by atoms with Crippen molar-refractivity contribution in [1.29, 1.82) is 0 Å². The number of aromatic nitrogens is 2. The monoisotopic (exact) mass is 293 g/mol. The molecule has 0 fully saturated rings. The van der Waals surface area contributed by atoms with Crippen LogP contribution in [0.3, 0.4) is 0 Å². The van der Waals surface area contributed by atoms with Gasteiger partial charge in [-0.15, -0.1) is 0 Å². The van der Waals surface area contributed by atoms with Gasteiger partial charge in [0, 0.05) is 11.8 Å². The molecule has 0 unspecified atom stereocenters. The molecular formula is C17H15N3O2. The van der Waals surface area contributed by atoms with Crippen LogP contribution < -0.4 is 10.1 Å². The fraction of sp³-hybridized carbons (Fsp3) is 0.0588. The van der Waals surface area contributed by atoms with E-state index in [9.17, 15) is 0 Å². The number of benzene rings is 2. The van der Waals surface area contributed by atoms with Crippen molar-refractivity contribution in [3.8, 4) is 11.5 Å². The van der Waals surface area contributed by atoms with E-state index in [0.717, 1.165) is 17.2 Å². The number of hydrogen-bond donors (Lipinski definition) is 2. The van der Waals surface area contributed by atoms with Crippen molar-refractivity contribution in [1.82, 2.24) is 9.97 Å². The van der Waals surface area contributed by atoms with E-state index in [4.69, 9.17) is 9.84 Å². The second-order valence-electron chi connectivity index (χ2n) is 4.62. The van der Waals surface area contributed by atoms with Gasteiger partial charge in [-0.2, -0.15) is 0 Å². The molecule has 3 rings (SSSR count). The second kappa shape index (κ2) is 6.69. The Balaban J connectivity index is 1.68. The van der Waals surface area contributed by atoms with Gasteiger partial charge >= 0.3 is 0 Å². The summed E-state index contributed by atoms with van der Waals surface area (Å²) in [6.45, 7) is -0.110. The SMILES string of the molecule is OCc1cc(Nc2ccc(Oc3ccccc3)cc2)ncn1. The van der Waals surface area contributed by atoms with Gasteiger partial charge < -0.3 is 15.2 Å². The zero-order valence-electron chi connectivity index (χ0n) is 11.8. The lowest BCUT2D eigenvalue weighted by Gasteiger charge is -2.08. The van der Waals surface area contributed by atoms with Crippen molar-refractivity contribution in [2.45, 2.75) is 6.61 Å². The molecule has 22 heavy (non-hydrogen) atoms. The Kier molecular flexibility index (Phi) is 4.27. The van der Waals surface area contributed by atoms with Crippen molar-refractivity contribution in [2.24, 2.45) is 0 Å². The molecule has 2 N–H and O–H groups in total. The summed E-state index contributed by atoms with van der Waals surface area (Å²) in [7, 11) is 0. The summed E-state index contributed by atoms with van der Waals surface area (Å²) < 4.78 is 5.73. The van der Waals surface area contributed by atoms with Crippen LogP contribution in [0.4, 0.5) is 11.5 Å². The van der Waals surface area contributed by atoms with Crippen LogP contribution in [-0.2, 0) is 6.61 Å². The average molecular weight is 293 g/mol. The smallest absolute Gasteiger partial charge is 0.134 e. The van der Waals surface area contributed by atoms with Gasteiger partial charge in [-0.3, -0.25) is 0 Å². The first kappa shape index (κ1) is 14.0. The highest BCUT2D eigenvalue weighted by Gasteiger charge is 2.00. The molecule has 0 amide bonds. The lowest BCUT2D eigenvalue weighted by Crippen LogP contribution is -1.97. The molecule has 0 saturated heterocycles. The molecule has 0 aliphatic rings. The van der Waals surface area contributed by atoms with Crippen LogP contribution in [0.5, 0.6) is 11.5 Å². The molecule has 5 nitrogen and oxygen atoms in total. The van der Waals surface area contributed by atoms with Gasteiger partial charge in [0.1, 0.15) is 23.6 Å². The van der Waals surface area contributed by atoms with Crippen LogP contribution in [-0.4, -0.2) is 15.1 Å². The maximum absolute atomic E-state index is 9.07. The van der Waals surface area contributed by atoms with Crippen molar-refractivity contribution < 1.29 is 9.84 Å². The topological polar surface area (TPSA) is 67.3 Å². The van der Waals surface area contributed by atoms with E-state index >= 15 is 0 Å². The van der Waals surface area contributed by atoms with Gasteiger partial charge in [0.2, 0.25) is 0 Å². The summed E-state index contributed by atoms with van der Waals surface area (Å²) in [6, 6.07) is 18.9. The fourth-order valence-corrected chi connectivity index (χ4v) is 1.93. The lowest BCUT2D eigenvalue weighted by atomic mass is 10.3. The number of hydrogen-bond acceptors (Lipinski definition) is 5. The predicted octanol–water partition coefficient (Wildman–Crippen LogP) is 3.50. The number of para-hydroxylation sites is 1. The zero-order valence-corrected chi connectivity index (χ0v) is 11.8. The molecule has 1 heterocycles. The number of nitrogens with one attached hydrogen (secondary N) is 1. The highest BCUT2D eigenvalue weighted by atomic mass is 16.5. The standard InChI is InChI=1S/C17H15N3O2/c21-11-14-10-17(19-12-18-14)20-13-6-8-16(9-7-13)22-15-4-2-1-3-5-15/h1-10,12,21H,11H2,(H,18,19,20). The number of aliphatic hydroxyl groups is 1. The molecule has 2 aromatic carbocycles.